The molecule has 2 rings (SSSR count). The summed E-state index contributed by atoms with van der Waals surface area (Å²) in [6, 6.07) is 9.09. The van der Waals surface area contributed by atoms with Crippen LogP contribution in [0.15, 0.2) is 24.3 Å². The first-order valence-corrected chi connectivity index (χ1v) is 7.20. The van der Waals surface area contributed by atoms with Gasteiger partial charge in [-0.3, -0.25) is 0 Å². The molecule has 0 aliphatic carbocycles. The second-order valence-corrected chi connectivity index (χ2v) is 6.21. The third-order valence-electron chi connectivity index (χ3n) is 3.63. The highest BCUT2D eigenvalue weighted by atomic mass is 16.5. The van der Waals surface area contributed by atoms with E-state index in [2.05, 4.69) is 49.9 Å². The van der Waals surface area contributed by atoms with Gasteiger partial charge in [-0.2, -0.15) is 0 Å². The van der Waals surface area contributed by atoms with Gasteiger partial charge in [0.25, 0.3) is 0 Å². The number of hydrogen-bond acceptors (Lipinski definition) is 3. The molecule has 0 amide bonds. The van der Waals surface area contributed by atoms with Crippen molar-refractivity contribution in [3.63, 3.8) is 0 Å². The molecule has 19 heavy (non-hydrogen) atoms. The maximum atomic E-state index is 5.93. The van der Waals surface area contributed by atoms with E-state index in [1.807, 2.05) is 0 Å². The standard InChI is InChI=1S/C16H26N2O/c1-16(2,3)19-11-10-18-14(12-17)9-8-13-6-4-5-7-15(13)18/h4-7,14H,8-12,17H2,1-3H3. The van der Waals surface area contributed by atoms with Gasteiger partial charge >= 0.3 is 0 Å². The normalized spacial score (nSPS) is 19.4. The summed E-state index contributed by atoms with van der Waals surface area (Å²) in [5.41, 5.74) is 8.62. The molecule has 2 N–H and O–H groups in total. The highest BCUT2D eigenvalue weighted by Crippen LogP contribution is 2.30. The van der Waals surface area contributed by atoms with Crippen LogP contribution in [0.1, 0.15) is 32.8 Å². The Morgan fingerprint density at radius 3 is 2.74 bits per heavy atom. The Labute approximate surface area is 116 Å². The first-order chi connectivity index (χ1) is 9.01. The van der Waals surface area contributed by atoms with Crippen LogP contribution in [0, 0.1) is 0 Å². The predicted molar refractivity (Wildman–Crippen MR) is 80.7 cm³/mol. The van der Waals surface area contributed by atoms with Crippen LogP contribution in [-0.4, -0.2) is 31.3 Å². The SMILES string of the molecule is CC(C)(C)OCCN1c2ccccc2CCC1CN. The zero-order valence-electron chi connectivity index (χ0n) is 12.4. The summed E-state index contributed by atoms with van der Waals surface area (Å²) in [6.45, 7) is 8.65. The zero-order chi connectivity index (χ0) is 13.9. The van der Waals surface area contributed by atoms with E-state index in [-0.39, 0.29) is 5.60 Å². The molecule has 1 aliphatic heterocycles. The number of hydrogen-bond donors (Lipinski definition) is 1. The molecule has 1 atom stereocenters. The van der Waals surface area contributed by atoms with E-state index < -0.39 is 0 Å². The fourth-order valence-corrected chi connectivity index (χ4v) is 2.68. The summed E-state index contributed by atoms with van der Waals surface area (Å²) < 4.78 is 5.86. The molecule has 106 valence electrons. The summed E-state index contributed by atoms with van der Waals surface area (Å²) in [5, 5.41) is 0. The fraction of sp³-hybridized carbons (Fsp3) is 0.625. The number of benzene rings is 1. The molecule has 0 saturated carbocycles. The second kappa shape index (κ2) is 5.93. The van der Waals surface area contributed by atoms with E-state index in [1.54, 1.807) is 0 Å². The number of para-hydroxylation sites is 1. The molecule has 1 aromatic carbocycles. The van der Waals surface area contributed by atoms with Crippen LogP contribution in [0.4, 0.5) is 5.69 Å². The highest BCUT2D eigenvalue weighted by Gasteiger charge is 2.25. The monoisotopic (exact) mass is 262 g/mol. The van der Waals surface area contributed by atoms with Crippen molar-refractivity contribution in [1.82, 2.24) is 0 Å². The topological polar surface area (TPSA) is 38.5 Å². The molecule has 0 aromatic heterocycles. The molecule has 1 unspecified atom stereocenters. The first kappa shape index (κ1) is 14.4. The molecule has 0 bridgehead atoms. The molecule has 1 aromatic rings. The average molecular weight is 262 g/mol. The van der Waals surface area contributed by atoms with E-state index in [0.29, 0.717) is 12.6 Å². The Morgan fingerprint density at radius 1 is 1.32 bits per heavy atom. The van der Waals surface area contributed by atoms with Crippen LogP contribution in [0.3, 0.4) is 0 Å². The zero-order valence-corrected chi connectivity index (χ0v) is 12.4. The Hall–Kier alpha value is -1.06. The van der Waals surface area contributed by atoms with Crippen molar-refractivity contribution >= 4 is 5.69 Å². The third-order valence-corrected chi connectivity index (χ3v) is 3.63. The predicted octanol–water partition coefficient (Wildman–Crippen LogP) is 2.58. The number of nitrogens with two attached hydrogens (primary N) is 1. The van der Waals surface area contributed by atoms with Crippen molar-refractivity contribution in [2.45, 2.75) is 45.3 Å². The smallest absolute Gasteiger partial charge is 0.0648 e. The number of ether oxygens (including phenoxy) is 1. The minimum absolute atomic E-state index is 0.0759. The minimum atomic E-state index is -0.0759. The van der Waals surface area contributed by atoms with Gasteiger partial charge < -0.3 is 15.4 Å². The summed E-state index contributed by atoms with van der Waals surface area (Å²) in [5.74, 6) is 0. The quantitative estimate of drug-likeness (QED) is 0.906. The number of aryl methyl sites for hydroxylation is 1. The van der Waals surface area contributed by atoms with Crippen LogP contribution in [0.2, 0.25) is 0 Å². The Bertz CT molecular complexity index is 411. The van der Waals surface area contributed by atoms with Gasteiger partial charge in [0.15, 0.2) is 0 Å². The molecule has 0 fully saturated rings. The summed E-state index contributed by atoms with van der Waals surface area (Å²) in [6.07, 6.45) is 2.28. The van der Waals surface area contributed by atoms with Crippen molar-refractivity contribution in [2.75, 3.05) is 24.6 Å². The van der Waals surface area contributed by atoms with Crippen LogP contribution < -0.4 is 10.6 Å². The summed E-state index contributed by atoms with van der Waals surface area (Å²) in [7, 11) is 0. The van der Waals surface area contributed by atoms with Gasteiger partial charge in [-0.25, -0.2) is 0 Å². The van der Waals surface area contributed by atoms with Gasteiger partial charge in [0.05, 0.1) is 12.2 Å². The molecule has 0 saturated heterocycles. The van der Waals surface area contributed by atoms with Gasteiger partial charge in [-0.1, -0.05) is 18.2 Å². The van der Waals surface area contributed by atoms with Gasteiger partial charge in [0.2, 0.25) is 0 Å². The lowest BCUT2D eigenvalue weighted by Gasteiger charge is -2.39. The number of nitrogens with zero attached hydrogens (tertiary/aromatic N) is 1. The van der Waals surface area contributed by atoms with Crippen molar-refractivity contribution < 1.29 is 4.74 Å². The summed E-state index contributed by atoms with van der Waals surface area (Å²) >= 11 is 0. The number of fused-ring (bicyclic) bond motifs is 1. The van der Waals surface area contributed by atoms with E-state index in [4.69, 9.17) is 10.5 Å². The lowest BCUT2D eigenvalue weighted by molar-refractivity contribution is 0.000731. The van der Waals surface area contributed by atoms with Crippen LogP contribution in [0.5, 0.6) is 0 Å². The first-order valence-electron chi connectivity index (χ1n) is 7.20. The highest BCUT2D eigenvalue weighted by molar-refractivity contribution is 5.56. The number of rotatable bonds is 4. The lowest BCUT2D eigenvalue weighted by Crippen LogP contribution is -2.46. The number of anilines is 1. The molecule has 3 heteroatoms. The lowest BCUT2D eigenvalue weighted by atomic mass is 9.96. The fourth-order valence-electron chi connectivity index (χ4n) is 2.68. The van der Waals surface area contributed by atoms with E-state index in [1.165, 1.54) is 11.3 Å². The van der Waals surface area contributed by atoms with E-state index >= 15 is 0 Å². The van der Waals surface area contributed by atoms with Crippen LogP contribution in [-0.2, 0) is 11.2 Å². The molecule has 1 heterocycles. The van der Waals surface area contributed by atoms with Crippen molar-refractivity contribution in [3.05, 3.63) is 29.8 Å². The maximum absolute atomic E-state index is 5.93. The van der Waals surface area contributed by atoms with Crippen molar-refractivity contribution in [3.8, 4) is 0 Å². The van der Waals surface area contributed by atoms with Crippen molar-refractivity contribution in [1.29, 1.82) is 0 Å². The Morgan fingerprint density at radius 2 is 2.05 bits per heavy atom. The van der Waals surface area contributed by atoms with Gasteiger partial charge in [0, 0.05) is 24.8 Å². The summed E-state index contributed by atoms with van der Waals surface area (Å²) in [4.78, 5) is 2.42. The average Bonchev–Trinajstić information content (AvgIpc) is 2.37. The molecular weight excluding hydrogens is 236 g/mol. The molecule has 1 aliphatic rings. The maximum Gasteiger partial charge on any atom is 0.0648 e. The minimum Gasteiger partial charge on any atom is -0.374 e. The Balaban J connectivity index is 2.07. The molecule has 0 radical (unpaired) electrons. The third kappa shape index (κ3) is 3.71. The second-order valence-electron chi connectivity index (χ2n) is 6.21. The van der Waals surface area contributed by atoms with Gasteiger partial charge in [-0.15, -0.1) is 0 Å². The van der Waals surface area contributed by atoms with Crippen LogP contribution >= 0.6 is 0 Å². The van der Waals surface area contributed by atoms with Gasteiger partial charge in [0.1, 0.15) is 0 Å². The Kier molecular flexibility index (Phi) is 4.48. The van der Waals surface area contributed by atoms with Crippen LogP contribution in [0.25, 0.3) is 0 Å². The van der Waals surface area contributed by atoms with E-state index in [0.717, 1.165) is 26.0 Å². The largest absolute Gasteiger partial charge is 0.374 e. The molecular formula is C16H26N2O. The van der Waals surface area contributed by atoms with Gasteiger partial charge in [-0.05, 0) is 45.2 Å². The molecule has 0 spiro atoms. The van der Waals surface area contributed by atoms with E-state index in [9.17, 15) is 0 Å². The molecule has 3 nitrogen and oxygen atoms in total. The van der Waals surface area contributed by atoms with Crippen molar-refractivity contribution in [2.24, 2.45) is 5.73 Å².